The molecule has 0 spiro atoms. The number of H-pyrrole nitrogens is 1. The number of likely N-dealkylation sites (tertiary alicyclic amines) is 1. The minimum Gasteiger partial charge on any atom is -0.355 e. The number of hydrogen-bond donors (Lipinski definition) is 2. The van der Waals surface area contributed by atoms with Crippen LogP contribution in [0.2, 0.25) is 5.02 Å². The SMILES string of the molecule is C[C@H](C(=O)NCCN(C)Cc1ccccc1)C1CCN(C(=O)c2cc3cc(Cl)ccc3[nH]2)CC1. The highest BCUT2D eigenvalue weighted by Crippen LogP contribution is 2.27. The van der Waals surface area contributed by atoms with Gasteiger partial charge in [-0.05, 0) is 55.6 Å². The number of hydrogen-bond acceptors (Lipinski definition) is 3. The van der Waals surface area contributed by atoms with Crippen LogP contribution in [0.4, 0.5) is 0 Å². The summed E-state index contributed by atoms with van der Waals surface area (Å²) < 4.78 is 0. The standard InChI is InChI=1S/C27H33ClN4O2/c1-19(26(33)29-12-15-31(2)18-20-6-4-3-5-7-20)21-10-13-32(14-11-21)27(34)25-17-22-16-23(28)8-9-24(22)30-25/h3-9,16-17,19,21,30H,10-15,18H2,1-2H3,(H,29,33)/t19-/m0/s1. The van der Waals surface area contributed by atoms with Gasteiger partial charge >= 0.3 is 0 Å². The van der Waals surface area contributed by atoms with Gasteiger partial charge in [0, 0.05) is 54.6 Å². The number of piperidine rings is 1. The molecule has 1 atom stereocenters. The second kappa shape index (κ2) is 11.1. The predicted octanol–water partition coefficient (Wildman–Crippen LogP) is 4.56. The van der Waals surface area contributed by atoms with E-state index < -0.39 is 0 Å². The number of aromatic amines is 1. The highest BCUT2D eigenvalue weighted by molar-refractivity contribution is 6.31. The number of carbonyl (C=O) groups is 2. The maximum absolute atomic E-state index is 13.0. The molecule has 2 amide bonds. The third-order valence-electron chi connectivity index (χ3n) is 6.85. The molecule has 1 aliphatic heterocycles. The highest BCUT2D eigenvalue weighted by Gasteiger charge is 2.30. The third-order valence-corrected chi connectivity index (χ3v) is 7.08. The number of fused-ring (bicyclic) bond motifs is 1. The lowest BCUT2D eigenvalue weighted by Crippen LogP contribution is -2.43. The van der Waals surface area contributed by atoms with Crippen molar-refractivity contribution in [2.24, 2.45) is 11.8 Å². The lowest BCUT2D eigenvalue weighted by atomic mass is 9.84. The minimum absolute atomic E-state index is 0.00401. The summed E-state index contributed by atoms with van der Waals surface area (Å²) in [6.45, 7) is 5.63. The van der Waals surface area contributed by atoms with Crippen molar-refractivity contribution >= 4 is 34.3 Å². The highest BCUT2D eigenvalue weighted by atomic mass is 35.5. The van der Waals surface area contributed by atoms with Crippen LogP contribution in [0.5, 0.6) is 0 Å². The maximum atomic E-state index is 13.0. The van der Waals surface area contributed by atoms with Gasteiger partial charge in [0.2, 0.25) is 5.91 Å². The van der Waals surface area contributed by atoms with Crippen LogP contribution in [0.3, 0.4) is 0 Å². The van der Waals surface area contributed by atoms with Crippen molar-refractivity contribution in [1.82, 2.24) is 20.1 Å². The zero-order valence-corrected chi connectivity index (χ0v) is 20.6. The zero-order valence-electron chi connectivity index (χ0n) is 19.9. The van der Waals surface area contributed by atoms with Crippen LogP contribution in [0.1, 0.15) is 35.8 Å². The number of nitrogens with one attached hydrogen (secondary N) is 2. The predicted molar refractivity (Wildman–Crippen MR) is 137 cm³/mol. The molecule has 7 heteroatoms. The van der Waals surface area contributed by atoms with Crippen molar-refractivity contribution in [2.45, 2.75) is 26.3 Å². The Hall–Kier alpha value is -2.83. The van der Waals surface area contributed by atoms with Crippen molar-refractivity contribution < 1.29 is 9.59 Å². The Kier molecular flexibility index (Phi) is 7.91. The Balaban J connectivity index is 1.21. The van der Waals surface area contributed by atoms with Gasteiger partial charge in [0.1, 0.15) is 5.69 Å². The number of carbonyl (C=O) groups excluding carboxylic acids is 2. The van der Waals surface area contributed by atoms with Gasteiger partial charge in [0.05, 0.1) is 0 Å². The molecule has 0 bridgehead atoms. The summed E-state index contributed by atoms with van der Waals surface area (Å²) in [5, 5.41) is 4.69. The first-order valence-corrected chi connectivity index (χ1v) is 12.4. The van der Waals surface area contributed by atoms with E-state index in [1.807, 2.05) is 54.3 Å². The van der Waals surface area contributed by atoms with Gasteiger partial charge in [-0.25, -0.2) is 0 Å². The van der Waals surface area contributed by atoms with Gasteiger partial charge in [0.15, 0.2) is 0 Å². The van der Waals surface area contributed by atoms with E-state index in [9.17, 15) is 9.59 Å². The Morgan fingerprint density at radius 1 is 1.15 bits per heavy atom. The smallest absolute Gasteiger partial charge is 0.270 e. The van der Waals surface area contributed by atoms with Crippen LogP contribution in [0, 0.1) is 11.8 Å². The van der Waals surface area contributed by atoms with E-state index in [2.05, 4.69) is 34.4 Å². The quantitative estimate of drug-likeness (QED) is 0.496. The average molecular weight is 481 g/mol. The van der Waals surface area contributed by atoms with E-state index in [0.29, 0.717) is 30.4 Å². The first-order chi connectivity index (χ1) is 16.4. The Labute approximate surface area is 206 Å². The van der Waals surface area contributed by atoms with Crippen molar-refractivity contribution in [3.63, 3.8) is 0 Å². The number of aromatic nitrogens is 1. The molecule has 6 nitrogen and oxygen atoms in total. The molecule has 2 N–H and O–H groups in total. The fourth-order valence-electron chi connectivity index (χ4n) is 4.71. The molecule has 180 valence electrons. The summed E-state index contributed by atoms with van der Waals surface area (Å²) in [4.78, 5) is 33.0. The Morgan fingerprint density at radius 3 is 2.62 bits per heavy atom. The Morgan fingerprint density at radius 2 is 1.88 bits per heavy atom. The largest absolute Gasteiger partial charge is 0.355 e. The van der Waals surface area contributed by atoms with Crippen LogP contribution in [-0.2, 0) is 11.3 Å². The average Bonchev–Trinajstić information content (AvgIpc) is 3.27. The lowest BCUT2D eigenvalue weighted by Gasteiger charge is -2.34. The van der Waals surface area contributed by atoms with Crippen molar-refractivity contribution in [1.29, 1.82) is 0 Å². The second-order valence-corrected chi connectivity index (χ2v) is 9.78. The molecule has 34 heavy (non-hydrogen) atoms. The molecule has 2 heterocycles. The zero-order chi connectivity index (χ0) is 24.1. The van der Waals surface area contributed by atoms with E-state index in [-0.39, 0.29) is 23.7 Å². The molecule has 3 aromatic rings. The van der Waals surface area contributed by atoms with Gasteiger partial charge in [-0.3, -0.25) is 9.59 Å². The monoisotopic (exact) mass is 480 g/mol. The van der Waals surface area contributed by atoms with Crippen molar-refractivity contribution in [3.8, 4) is 0 Å². The van der Waals surface area contributed by atoms with E-state index in [0.717, 1.165) is 36.8 Å². The number of amides is 2. The third kappa shape index (κ3) is 5.99. The summed E-state index contributed by atoms with van der Waals surface area (Å²) in [6, 6.07) is 17.8. The lowest BCUT2D eigenvalue weighted by molar-refractivity contribution is -0.126. The van der Waals surface area contributed by atoms with Crippen LogP contribution in [0.15, 0.2) is 54.6 Å². The van der Waals surface area contributed by atoms with E-state index in [1.54, 1.807) is 0 Å². The molecular weight excluding hydrogens is 448 g/mol. The van der Waals surface area contributed by atoms with Crippen LogP contribution in [0.25, 0.3) is 10.9 Å². The maximum Gasteiger partial charge on any atom is 0.270 e. The summed E-state index contributed by atoms with van der Waals surface area (Å²) in [5.41, 5.74) is 2.76. The fourth-order valence-corrected chi connectivity index (χ4v) is 4.89. The molecule has 2 aromatic carbocycles. The first kappa shape index (κ1) is 24.3. The Bertz CT molecular complexity index is 1120. The number of nitrogens with zero attached hydrogens (tertiary/aromatic N) is 2. The molecule has 1 aromatic heterocycles. The van der Waals surface area contributed by atoms with E-state index >= 15 is 0 Å². The fraction of sp³-hybridized carbons (Fsp3) is 0.407. The van der Waals surface area contributed by atoms with Gasteiger partial charge < -0.3 is 20.1 Å². The molecular formula is C27H33ClN4O2. The molecule has 0 unspecified atom stereocenters. The number of rotatable bonds is 8. The number of likely N-dealkylation sites (N-methyl/N-ethyl adjacent to an activating group) is 1. The molecule has 1 fully saturated rings. The van der Waals surface area contributed by atoms with Crippen LogP contribution in [-0.4, -0.2) is 59.8 Å². The van der Waals surface area contributed by atoms with Gasteiger partial charge in [-0.15, -0.1) is 0 Å². The van der Waals surface area contributed by atoms with Crippen molar-refractivity contribution in [2.75, 3.05) is 33.2 Å². The molecule has 4 rings (SSSR count). The van der Waals surface area contributed by atoms with E-state index in [4.69, 9.17) is 11.6 Å². The normalized spacial score (nSPS) is 15.6. The molecule has 0 aliphatic carbocycles. The van der Waals surface area contributed by atoms with Crippen molar-refractivity contribution in [3.05, 3.63) is 70.9 Å². The van der Waals surface area contributed by atoms with E-state index in [1.165, 1.54) is 5.56 Å². The summed E-state index contributed by atoms with van der Waals surface area (Å²) >= 11 is 6.06. The summed E-state index contributed by atoms with van der Waals surface area (Å²) in [6.07, 6.45) is 1.67. The summed E-state index contributed by atoms with van der Waals surface area (Å²) in [7, 11) is 2.07. The molecule has 0 saturated carbocycles. The molecule has 0 radical (unpaired) electrons. The topological polar surface area (TPSA) is 68.4 Å². The number of benzene rings is 2. The minimum atomic E-state index is -0.0631. The second-order valence-electron chi connectivity index (χ2n) is 9.35. The van der Waals surface area contributed by atoms with Crippen LogP contribution < -0.4 is 5.32 Å². The van der Waals surface area contributed by atoms with Gasteiger partial charge in [-0.2, -0.15) is 0 Å². The molecule has 1 saturated heterocycles. The first-order valence-electron chi connectivity index (χ1n) is 12.0. The summed E-state index contributed by atoms with van der Waals surface area (Å²) in [5.74, 6) is 0.328. The molecule has 1 aliphatic rings. The number of halogens is 1. The van der Waals surface area contributed by atoms with Gasteiger partial charge in [0.25, 0.3) is 5.91 Å². The van der Waals surface area contributed by atoms with Gasteiger partial charge in [-0.1, -0.05) is 48.9 Å². The van der Waals surface area contributed by atoms with Crippen LogP contribution >= 0.6 is 11.6 Å².